The molecule has 0 fully saturated rings. The number of nitrogens with one attached hydrogen (secondary N) is 1. The predicted molar refractivity (Wildman–Crippen MR) is 70.1 cm³/mol. The molecule has 0 aliphatic heterocycles. The molecule has 8 heteroatoms. The van der Waals surface area contributed by atoms with E-state index in [4.69, 9.17) is 4.74 Å². The minimum absolute atomic E-state index is 0.0847. The van der Waals surface area contributed by atoms with Crippen LogP contribution < -0.4 is 15.0 Å². The van der Waals surface area contributed by atoms with Crippen molar-refractivity contribution in [2.45, 2.75) is 0 Å². The molecule has 2 rings (SSSR count). The molecule has 1 aromatic heterocycles. The van der Waals surface area contributed by atoms with Crippen LogP contribution in [-0.2, 0) is 0 Å². The van der Waals surface area contributed by atoms with Gasteiger partial charge in [-0.15, -0.1) is 0 Å². The lowest BCUT2D eigenvalue weighted by atomic mass is 10.3. The maximum Gasteiger partial charge on any atom is 0.328 e. The molecule has 1 aromatic carbocycles. The van der Waals surface area contributed by atoms with Gasteiger partial charge < -0.3 is 15.0 Å². The average Bonchev–Trinajstić information content (AvgIpc) is 2.41. The number of anilines is 2. The molecule has 0 atom stereocenters. The smallest absolute Gasteiger partial charge is 0.328 e. The van der Waals surface area contributed by atoms with Crippen LogP contribution in [0.25, 0.3) is 0 Å². The molecular formula is C12H13F2N5O. The van der Waals surface area contributed by atoms with E-state index in [0.29, 0.717) is 5.95 Å². The molecule has 0 radical (unpaired) electrons. The van der Waals surface area contributed by atoms with Crippen molar-refractivity contribution < 1.29 is 13.5 Å². The van der Waals surface area contributed by atoms with Gasteiger partial charge in [-0.3, -0.25) is 0 Å². The molecule has 0 amide bonds. The number of benzene rings is 1. The standard InChI is InChI=1S/C12H13F2N5O/c1-15-10-16-11(19(2)3)18-12(17-10)20-9-5-4-7(13)6-8(9)14/h4-6H,1-3H3,(H,15,16,17,18). The first-order valence-electron chi connectivity index (χ1n) is 5.73. The summed E-state index contributed by atoms with van der Waals surface area (Å²) in [6.07, 6.45) is 0. The van der Waals surface area contributed by atoms with Crippen molar-refractivity contribution in [3.05, 3.63) is 29.8 Å². The fourth-order valence-electron chi connectivity index (χ4n) is 1.36. The second-order valence-corrected chi connectivity index (χ2v) is 4.06. The van der Waals surface area contributed by atoms with Crippen LogP contribution in [0, 0.1) is 11.6 Å². The van der Waals surface area contributed by atoms with Crippen molar-refractivity contribution in [1.82, 2.24) is 15.0 Å². The summed E-state index contributed by atoms with van der Waals surface area (Å²) in [5.41, 5.74) is 0. The number of hydrogen-bond donors (Lipinski definition) is 1. The summed E-state index contributed by atoms with van der Waals surface area (Å²) < 4.78 is 31.6. The van der Waals surface area contributed by atoms with Gasteiger partial charge in [0, 0.05) is 27.2 Å². The average molecular weight is 281 g/mol. The van der Waals surface area contributed by atoms with Crippen LogP contribution in [0.4, 0.5) is 20.7 Å². The normalized spacial score (nSPS) is 10.2. The van der Waals surface area contributed by atoms with Crippen LogP contribution >= 0.6 is 0 Å². The summed E-state index contributed by atoms with van der Waals surface area (Å²) in [6.45, 7) is 0. The maximum atomic E-state index is 13.5. The number of aromatic nitrogens is 3. The molecule has 1 N–H and O–H groups in total. The molecule has 0 bridgehead atoms. The lowest BCUT2D eigenvalue weighted by Gasteiger charge is -2.12. The molecule has 0 saturated carbocycles. The fraction of sp³-hybridized carbons (Fsp3) is 0.250. The largest absolute Gasteiger partial charge is 0.421 e. The van der Waals surface area contributed by atoms with Crippen molar-refractivity contribution in [3.63, 3.8) is 0 Å². The molecule has 0 aliphatic carbocycles. The first kappa shape index (κ1) is 13.9. The van der Waals surface area contributed by atoms with Gasteiger partial charge in [0.25, 0.3) is 0 Å². The van der Waals surface area contributed by atoms with Crippen LogP contribution in [0.1, 0.15) is 0 Å². The van der Waals surface area contributed by atoms with Crippen molar-refractivity contribution in [1.29, 1.82) is 0 Å². The topological polar surface area (TPSA) is 63.2 Å². The van der Waals surface area contributed by atoms with Crippen molar-refractivity contribution >= 4 is 11.9 Å². The molecule has 0 spiro atoms. The lowest BCUT2D eigenvalue weighted by molar-refractivity contribution is 0.407. The summed E-state index contributed by atoms with van der Waals surface area (Å²) in [7, 11) is 5.13. The zero-order valence-electron chi connectivity index (χ0n) is 11.2. The Balaban J connectivity index is 2.34. The van der Waals surface area contributed by atoms with Gasteiger partial charge in [-0.1, -0.05) is 0 Å². The molecule has 6 nitrogen and oxygen atoms in total. The summed E-state index contributed by atoms with van der Waals surface area (Å²) >= 11 is 0. The van der Waals surface area contributed by atoms with Crippen LogP contribution in [-0.4, -0.2) is 36.1 Å². The lowest BCUT2D eigenvalue weighted by Crippen LogP contribution is -2.15. The summed E-state index contributed by atoms with van der Waals surface area (Å²) in [6, 6.07) is 2.90. The highest BCUT2D eigenvalue weighted by Gasteiger charge is 2.12. The van der Waals surface area contributed by atoms with Crippen LogP contribution in [0.2, 0.25) is 0 Å². The Morgan fingerprint density at radius 2 is 1.90 bits per heavy atom. The Morgan fingerprint density at radius 3 is 2.50 bits per heavy atom. The van der Waals surface area contributed by atoms with E-state index < -0.39 is 11.6 Å². The van der Waals surface area contributed by atoms with Gasteiger partial charge in [-0.2, -0.15) is 15.0 Å². The molecule has 106 valence electrons. The number of halogens is 2. The number of nitrogens with zero attached hydrogens (tertiary/aromatic N) is 4. The number of hydrogen-bond acceptors (Lipinski definition) is 6. The van der Waals surface area contributed by atoms with Crippen LogP contribution in [0.3, 0.4) is 0 Å². The van der Waals surface area contributed by atoms with E-state index in [9.17, 15) is 8.78 Å². The van der Waals surface area contributed by atoms with Gasteiger partial charge in [0.05, 0.1) is 0 Å². The third-order valence-electron chi connectivity index (χ3n) is 2.32. The first-order valence-corrected chi connectivity index (χ1v) is 5.73. The van der Waals surface area contributed by atoms with E-state index in [0.717, 1.165) is 12.1 Å². The van der Waals surface area contributed by atoms with E-state index in [1.54, 1.807) is 26.0 Å². The number of rotatable bonds is 4. The SMILES string of the molecule is CNc1nc(Oc2ccc(F)cc2F)nc(N(C)C)n1. The highest BCUT2D eigenvalue weighted by atomic mass is 19.1. The highest BCUT2D eigenvalue weighted by Crippen LogP contribution is 2.24. The Bertz CT molecular complexity index is 621. The molecule has 20 heavy (non-hydrogen) atoms. The Morgan fingerprint density at radius 1 is 1.15 bits per heavy atom. The summed E-state index contributed by atoms with van der Waals surface area (Å²) in [5.74, 6) is -1.05. The van der Waals surface area contributed by atoms with E-state index in [1.165, 1.54) is 6.07 Å². The molecule has 0 aliphatic rings. The van der Waals surface area contributed by atoms with E-state index in [2.05, 4.69) is 20.3 Å². The Kier molecular flexibility index (Phi) is 3.92. The second kappa shape index (κ2) is 5.64. The summed E-state index contributed by atoms with van der Waals surface area (Å²) in [5, 5.41) is 2.75. The third-order valence-corrected chi connectivity index (χ3v) is 2.32. The first-order chi connectivity index (χ1) is 9.49. The molecule has 1 heterocycles. The van der Waals surface area contributed by atoms with E-state index in [-0.39, 0.29) is 17.7 Å². The van der Waals surface area contributed by atoms with E-state index >= 15 is 0 Å². The third kappa shape index (κ3) is 3.08. The maximum absolute atomic E-state index is 13.5. The van der Waals surface area contributed by atoms with E-state index in [1.807, 2.05) is 0 Å². The van der Waals surface area contributed by atoms with Gasteiger partial charge in [0.1, 0.15) is 5.82 Å². The Labute approximate surface area is 114 Å². The molecule has 2 aromatic rings. The van der Waals surface area contributed by atoms with Crippen molar-refractivity contribution in [2.24, 2.45) is 0 Å². The zero-order chi connectivity index (χ0) is 14.7. The highest BCUT2D eigenvalue weighted by molar-refractivity contribution is 5.37. The molecule has 0 unspecified atom stereocenters. The molecule has 0 saturated heterocycles. The quantitative estimate of drug-likeness (QED) is 0.925. The zero-order valence-corrected chi connectivity index (χ0v) is 11.2. The monoisotopic (exact) mass is 281 g/mol. The Hall–Kier alpha value is -2.51. The second-order valence-electron chi connectivity index (χ2n) is 4.06. The van der Waals surface area contributed by atoms with Gasteiger partial charge in [-0.05, 0) is 12.1 Å². The molecular weight excluding hydrogens is 268 g/mol. The predicted octanol–water partition coefficient (Wildman–Crippen LogP) is 2.05. The van der Waals surface area contributed by atoms with Gasteiger partial charge >= 0.3 is 6.01 Å². The van der Waals surface area contributed by atoms with Crippen LogP contribution in [0.15, 0.2) is 18.2 Å². The van der Waals surface area contributed by atoms with Crippen molar-refractivity contribution in [2.75, 3.05) is 31.4 Å². The fourth-order valence-corrected chi connectivity index (χ4v) is 1.36. The van der Waals surface area contributed by atoms with Crippen molar-refractivity contribution in [3.8, 4) is 11.8 Å². The minimum atomic E-state index is -0.831. The van der Waals surface area contributed by atoms with Gasteiger partial charge in [-0.25, -0.2) is 8.78 Å². The number of ether oxygens (including phenoxy) is 1. The minimum Gasteiger partial charge on any atom is -0.421 e. The van der Waals surface area contributed by atoms with Crippen LogP contribution in [0.5, 0.6) is 11.8 Å². The van der Waals surface area contributed by atoms with Gasteiger partial charge in [0.15, 0.2) is 11.6 Å². The summed E-state index contributed by atoms with van der Waals surface area (Å²) in [4.78, 5) is 13.7. The van der Waals surface area contributed by atoms with Gasteiger partial charge in [0.2, 0.25) is 11.9 Å².